The van der Waals surface area contributed by atoms with E-state index in [1.807, 2.05) is 12.1 Å². The highest BCUT2D eigenvalue weighted by molar-refractivity contribution is 5.74. The van der Waals surface area contributed by atoms with Gasteiger partial charge in [-0.2, -0.15) is 5.10 Å². The highest BCUT2D eigenvalue weighted by Crippen LogP contribution is 2.33. The molecule has 0 saturated carbocycles. The van der Waals surface area contributed by atoms with Crippen LogP contribution in [0, 0.1) is 0 Å². The second-order valence-electron chi connectivity index (χ2n) is 7.95. The number of aryl methyl sites for hydroxylation is 1. The van der Waals surface area contributed by atoms with E-state index in [0.717, 1.165) is 44.6 Å². The van der Waals surface area contributed by atoms with Gasteiger partial charge in [-0.1, -0.05) is 24.3 Å². The van der Waals surface area contributed by atoms with Crippen LogP contribution in [0.3, 0.4) is 0 Å². The number of hydrogen-bond donors (Lipinski definition) is 2. The number of hydrogen-bond acceptors (Lipinski definition) is 4. The molecule has 1 aliphatic heterocycles. The number of urea groups is 1. The molecule has 2 amide bonds. The number of fused-ring (bicyclic) bond motifs is 1. The molecule has 148 valence electrons. The van der Waals surface area contributed by atoms with Gasteiger partial charge in [0, 0.05) is 37.3 Å². The summed E-state index contributed by atoms with van der Waals surface area (Å²) in [7, 11) is 0. The van der Waals surface area contributed by atoms with Gasteiger partial charge in [-0.15, -0.1) is 5.10 Å². The van der Waals surface area contributed by atoms with Crippen molar-refractivity contribution in [2.24, 2.45) is 0 Å². The van der Waals surface area contributed by atoms with Gasteiger partial charge in [-0.05, 0) is 62.3 Å². The Labute approximate surface area is 166 Å². The van der Waals surface area contributed by atoms with Crippen LogP contribution in [-0.4, -0.2) is 41.4 Å². The molecule has 1 aromatic carbocycles. The minimum absolute atomic E-state index is 0.0477. The van der Waals surface area contributed by atoms with E-state index in [4.69, 9.17) is 0 Å². The molecule has 1 aliphatic carbocycles. The third-order valence-electron chi connectivity index (χ3n) is 6.09. The van der Waals surface area contributed by atoms with Gasteiger partial charge in [0.2, 0.25) is 0 Å². The van der Waals surface area contributed by atoms with Crippen LogP contribution in [-0.2, 0) is 6.42 Å². The van der Waals surface area contributed by atoms with Crippen molar-refractivity contribution in [2.75, 3.05) is 18.0 Å². The van der Waals surface area contributed by atoms with E-state index in [2.05, 4.69) is 56.9 Å². The number of rotatable bonds is 4. The van der Waals surface area contributed by atoms with Crippen LogP contribution < -0.4 is 15.5 Å². The molecule has 28 heavy (non-hydrogen) atoms. The zero-order valence-corrected chi connectivity index (χ0v) is 16.5. The van der Waals surface area contributed by atoms with Crippen molar-refractivity contribution in [3.63, 3.8) is 0 Å². The maximum Gasteiger partial charge on any atom is 0.315 e. The third kappa shape index (κ3) is 4.26. The zero-order chi connectivity index (χ0) is 19.3. The quantitative estimate of drug-likeness (QED) is 0.855. The van der Waals surface area contributed by atoms with Gasteiger partial charge in [-0.25, -0.2) is 4.79 Å². The molecule has 2 atom stereocenters. The molecule has 1 fully saturated rings. The molecule has 2 heterocycles. The van der Waals surface area contributed by atoms with E-state index in [1.165, 1.54) is 17.5 Å². The number of carbonyl (C=O) groups excluding carboxylic acids is 1. The van der Waals surface area contributed by atoms with Gasteiger partial charge >= 0.3 is 6.03 Å². The molecule has 0 radical (unpaired) electrons. The monoisotopic (exact) mass is 379 g/mol. The van der Waals surface area contributed by atoms with Gasteiger partial charge in [-0.3, -0.25) is 0 Å². The molecule has 2 aliphatic rings. The van der Waals surface area contributed by atoms with Crippen molar-refractivity contribution in [1.82, 2.24) is 20.8 Å². The number of nitrogens with zero attached hydrogens (tertiary/aromatic N) is 3. The molecule has 2 N–H and O–H groups in total. The summed E-state index contributed by atoms with van der Waals surface area (Å²) in [6, 6.07) is 12.8. The molecule has 2 aromatic rings. The summed E-state index contributed by atoms with van der Waals surface area (Å²) in [5.74, 6) is 1.31. The van der Waals surface area contributed by atoms with Gasteiger partial charge in [0.1, 0.15) is 0 Å². The van der Waals surface area contributed by atoms with E-state index in [-0.39, 0.29) is 18.1 Å². The molecule has 4 rings (SSSR count). The standard InChI is InChI=1S/C22H29N5O/c1-16(19-9-4-7-17-6-2-3-8-20(17)19)24-22(28)25-18-11-14-27(15-12-18)21-10-5-13-23-26-21/h2-3,5-6,8,10,13,16,18-19H,4,7,9,11-12,14-15H2,1H3,(H2,24,25,28)/t16-,19?/m0/s1. The summed E-state index contributed by atoms with van der Waals surface area (Å²) in [5, 5.41) is 14.5. The molecule has 6 heteroatoms. The van der Waals surface area contributed by atoms with E-state index < -0.39 is 0 Å². The van der Waals surface area contributed by atoms with Gasteiger partial charge < -0.3 is 15.5 Å². The lowest BCUT2D eigenvalue weighted by Gasteiger charge is -2.34. The molecule has 6 nitrogen and oxygen atoms in total. The highest BCUT2D eigenvalue weighted by atomic mass is 16.2. The minimum atomic E-state index is -0.0477. The Morgan fingerprint density at radius 3 is 2.75 bits per heavy atom. The van der Waals surface area contributed by atoms with Gasteiger partial charge in [0.05, 0.1) is 0 Å². The number of nitrogens with one attached hydrogen (secondary N) is 2. The topological polar surface area (TPSA) is 70.2 Å². The first-order chi connectivity index (χ1) is 13.7. The fourth-order valence-electron chi connectivity index (χ4n) is 4.56. The van der Waals surface area contributed by atoms with Crippen molar-refractivity contribution in [1.29, 1.82) is 0 Å². The van der Waals surface area contributed by atoms with Crippen molar-refractivity contribution >= 4 is 11.8 Å². The summed E-state index contributed by atoms with van der Waals surface area (Å²) < 4.78 is 0. The average Bonchev–Trinajstić information content (AvgIpc) is 2.74. The Morgan fingerprint density at radius 2 is 1.96 bits per heavy atom. The molecule has 0 spiro atoms. The van der Waals surface area contributed by atoms with Crippen LogP contribution in [0.15, 0.2) is 42.6 Å². The SMILES string of the molecule is C[C@H](NC(=O)NC1CCN(c2cccnn2)CC1)C1CCCc2ccccc21. The van der Waals surface area contributed by atoms with Gasteiger partial charge in [0.15, 0.2) is 5.82 Å². The van der Waals surface area contributed by atoms with Crippen LogP contribution in [0.25, 0.3) is 0 Å². The number of carbonyl (C=O) groups is 1. The second kappa shape index (κ2) is 8.59. The molecular formula is C22H29N5O. The number of benzene rings is 1. The first-order valence-electron chi connectivity index (χ1n) is 10.4. The number of anilines is 1. The fourth-order valence-corrected chi connectivity index (χ4v) is 4.56. The van der Waals surface area contributed by atoms with Crippen molar-refractivity contribution < 1.29 is 4.79 Å². The summed E-state index contributed by atoms with van der Waals surface area (Å²) in [5.41, 5.74) is 2.84. The predicted molar refractivity (Wildman–Crippen MR) is 111 cm³/mol. The van der Waals surface area contributed by atoms with E-state index in [1.54, 1.807) is 6.20 Å². The van der Waals surface area contributed by atoms with Crippen molar-refractivity contribution in [2.45, 2.75) is 57.0 Å². The summed E-state index contributed by atoms with van der Waals surface area (Å²) in [4.78, 5) is 14.8. The zero-order valence-electron chi connectivity index (χ0n) is 16.5. The molecular weight excluding hydrogens is 350 g/mol. The second-order valence-corrected chi connectivity index (χ2v) is 7.95. The first-order valence-corrected chi connectivity index (χ1v) is 10.4. The Hall–Kier alpha value is -2.63. The smallest absolute Gasteiger partial charge is 0.315 e. The summed E-state index contributed by atoms with van der Waals surface area (Å²) in [6.07, 6.45) is 7.00. The van der Waals surface area contributed by atoms with Crippen LogP contribution in [0.2, 0.25) is 0 Å². The normalized spacial score (nSPS) is 20.9. The molecule has 1 aromatic heterocycles. The Balaban J connectivity index is 1.27. The predicted octanol–water partition coefficient (Wildman–Crippen LogP) is 3.25. The lowest BCUT2D eigenvalue weighted by atomic mass is 9.79. The summed E-state index contributed by atoms with van der Waals surface area (Å²) >= 11 is 0. The maximum absolute atomic E-state index is 12.6. The lowest BCUT2D eigenvalue weighted by Crippen LogP contribution is -2.50. The van der Waals surface area contributed by atoms with Crippen LogP contribution in [0.4, 0.5) is 10.6 Å². The van der Waals surface area contributed by atoms with E-state index in [9.17, 15) is 4.79 Å². The number of amides is 2. The van der Waals surface area contributed by atoms with Crippen molar-refractivity contribution in [3.8, 4) is 0 Å². The van der Waals surface area contributed by atoms with E-state index in [0.29, 0.717) is 5.92 Å². The van der Waals surface area contributed by atoms with Crippen LogP contribution in [0.5, 0.6) is 0 Å². The largest absolute Gasteiger partial charge is 0.355 e. The van der Waals surface area contributed by atoms with Crippen molar-refractivity contribution in [3.05, 3.63) is 53.7 Å². The third-order valence-corrected chi connectivity index (χ3v) is 6.09. The number of piperidine rings is 1. The molecule has 0 bridgehead atoms. The average molecular weight is 380 g/mol. The summed E-state index contributed by atoms with van der Waals surface area (Å²) in [6.45, 7) is 3.90. The fraction of sp³-hybridized carbons (Fsp3) is 0.500. The molecule has 1 unspecified atom stereocenters. The highest BCUT2D eigenvalue weighted by Gasteiger charge is 2.27. The first kappa shape index (κ1) is 18.7. The Kier molecular flexibility index (Phi) is 5.74. The number of aromatic nitrogens is 2. The van der Waals surface area contributed by atoms with E-state index >= 15 is 0 Å². The Morgan fingerprint density at radius 1 is 1.14 bits per heavy atom. The van der Waals surface area contributed by atoms with Crippen LogP contribution >= 0.6 is 0 Å². The van der Waals surface area contributed by atoms with Gasteiger partial charge in [0.25, 0.3) is 0 Å². The lowest BCUT2D eigenvalue weighted by molar-refractivity contribution is 0.228. The minimum Gasteiger partial charge on any atom is -0.355 e. The Bertz CT molecular complexity index is 789. The maximum atomic E-state index is 12.6. The molecule has 1 saturated heterocycles. The van der Waals surface area contributed by atoms with Crippen LogP contribution in [0.1, 0.15) is 49.7 Å².